The van der Waals surface area contributed by atoms with Gasteiger partial charge in [-0.1, -0.05) is 23.2 Å². The van der Waals surface area contributed by atoms with Crippen LogP contribution in [-0.4, -0.2) is 15.9 Å². The molecule has 94 valence electrons. The highest BCUT2D eigenvalue weighted by atomic mass is 35.5. The molecule has 1 amide bonds. The van der Waals surface area contributed by atoms with Gasteiger partial charge in [0.1, 0.15) is 5.82 Å². The van der Waals surface area contributed by atoms with Crippen LogP contribution in [0.2, 0.25) is 10.0 Å². The van der Waals surface area contributed by atoms with Crippen molar-refractivity contribution < 1.29 is 9.18 Å². The second kappa shape index (κ2) is 5.37. The molecule has 0 radical (unpaired) electrons. The SMILES string of the molecule is O=C(NCc1cnc[nH]1)c1cc(F)c(Cl)cc1Cl. The predicted molar refractivity (Wildman–Crippen MR) is 66.2 cm³/mol. The van der Waals surface area contributed by atoms with Crippen LogP contribution in [-0.2, 0) is 6.54 Å². The highest BCUT2D eigenvalue weighted by Gasteiger charge is 2.14. The second-order valence-electron chi connectivity index (χ2n) is 3.51. The number of imidazole rings is 1. The van der Waals surface area contributed by atoms with Crippen LogP contribution in [0.5, 0.6) is 0 Å². The van der Waals surface area contributed by atoms with Crippen LogP contribution in [0.1, 0.15) is 16.1 Å². The van der Waals surface area contributed by atoms with Gasteiger partial charge in [0.25, 0.3) is 5.91 Å². The van der Waals surface area contributed by atoms with Crippen molar-refractivity contribution in [1.29, 1.82) is 0 Å². The molecule has 1 aromatic heterocycles. The van der Waals surface area contributed by atoms with Gasteiger partial charge < -0.3 is 10.3 Å². The van der Waals surface area contributed by atoms with Gasteiger partial charge >= 0.3 is 0 Å². The summed E-state index contributed by atoms with van der Waals surface area (Å²) in [7, 11) is 0. The molecule has 0 aliphatic carbocycles. The van der Waals surface area contributed by atoms with E-state index in [1.54, 1.807) is 6.20 Å². The molecule has 0 saturated carbocycles. The van der Waals surface area contributed by atoms with Crippen molar-refractivity contribution in [2.24, 2.45) is 0 Å². The summed E-state index contributed by atoms with van der Waals surface area (Å²) in [6, 6.07) is 2.20. The fourth-order valence-corrected chi connectivity index (χ4v) is 1.82. The topological polar surface area (TPSA) is 57.8 Å². The highest BCUT2D eigenvalue weighted by molar-refractivity contribution is 6.36. The minimum absolute atomic E-state index is 0.0399. The summed E-state index contributed by atoms with van der Waals surface area (Å²) in [5.74, 6) is -1.17. The van der Waals surface area contributed by atoms with Crippen LogP contribution >= 0.6 is 23.2 Å². The Morgan fingerprint density at radius 1 is 1.39 bits per heavy atom. The first kappa shape index (κ1) is 12.9. The summed E-state index contributed by atoms with van der Waals surface area (Å²) in [6.07, 6.45) is 3.07. The lowest BCUT2D eigenvalue weighted by Gasteiger charge is -2.06. The Bertz CT molecular complexity index is 572. The van der Waals surface area contributed by atoms with Gasteiger partial charge in [0, 0.05) is 6.20 Å². The van der Waals surface area contributed by atoms with Gasteiger partial charge in [0.05, 0.1) is 34.2 Å². The van der Waals surface area contributed by atoms with Crippen LogP contribution in [0.15, 0.2) is 24.7 Å². The van der Waals surface area contributed by atoms with Crippen LogP contribution in [0, 0.1) is 5.82 Å². The molecular weight excluding hydrogens is 280 g/mol. The maximum atomic E-state index is 13.2. The standard InChI is InChI=1S/C11H8Cl2FN3O/c12-8-2-9(13)10(14)1-7(8)11(18)16-4-6-3-15-5-17-6/h1-3,5H,4H2,(H,15,17)(H,16,18). The number of aromatic amines is 1. The minimum atomic E-state index is -0.687. The van der Waals surface area contributed by atoms with Crippen LogP contribution in [0.3, 0.4) is 0 Å². The summed E-state index contributed by atoms with van der Waals surface area (Å²) in [5, 5.41) is 2.56. The highest BCUT2D eigenvalue weighted by Crippen LogP contribution is 2.24. The van der Waals surface area contributed by atoms with Crippen LogP contribution < -0.4 is 5.32 Å². The van der Waals surface area contributed by atoms with Gasteiger partial charge in [0.15, 0.2) is 0 Å². The number of benzene rings is 1. The van der Waals surface area contributed by atoms with E-state index in [-0.39, 0.29) is 22.2 Å². The number of H-pyrrole nitrogens is 1. The van der Waals surface area contributed by atoms with Crippen LogP contribution in [0.4, 0.5) is 4.39 Å². The number of carbonyl (C=O) groups excluding carboxylic acids is 1. The molecule has 0 fully saturated rings. The van der Waals surface area contributed by atoms with Gasteiger partial charge in [-0.05, 0) is 12.1 Å². The number of carbonyl (C=O) groups is 1. The van der Waals surface area contributed by atoms with E-state index in [1.807, 2.05) is 0 Å². The maximum absolute atomic E-state index is 13.2. The Labute approximate surface area is 112 Å². The summed E-state index contributed by atoms with van der Waals surface area (Å²) >= 11 is 11.4. The molecule has 18 heavy (non-hydrogen) atoms. The van der Waals surface area contributed by atoms with Crippen molar-refractivity contribution in [2.45, 2.75) is 6.54 Å². The van der Waals surface area contributed by atoms with Gasteiger partial charge in [-0.15, -0.1) is 0 Å². The van der Waals surface area contributed by atoms with Crippen molar-refractivity contribution in [3.05, 3.63) is 51.8 Å². The Morgan fingerprint density at radius 3 is 2.83 bits per heavy atom. The number of hydrogen-bond donors (Lipinski definition) is 2. The first-order valence-corrected chi connectivity index (χ1v) is 5.73. The van der Waals surface area contributed by atoms with E-state index in [9.17, 15) is 9.18 Å². The fraction of sp³-hybridized carbons (Fsp3) is 0.0909. The first-order chi connectivity index (χ1) is 8.58. The zero-order valence-electron chi connectivity index (χ0n) is 9.01. The lowest BCUT2D eigenvalue weighted by atomic mass is 10.2. The number of hydrogen-bond acceptors (Lipinski definition) is 2. The Morgan fingerprint density at radius 2 is 2.17 bits per heavy atom. The zero-order valence-corrected chi connectivity index (χ0v) is 10.5. The summed E-state index contributed by atoms with van der Waals surface area (Å²) in [5.41, 5.74) is 0.770. The number of rotatable bonds is 3. The summed E-state index contributed by atoms with van der Waals surface area (Å²) < 4.78 is 13.2. The van der Waals surface area contributed by atoms with Crippen LogP contribution in [0.25, 0.3) is 0 Å². The molecule has 0 saturated heterocycles. The third kappa shape index (κ3) is 2.80. The second-order valence-corrected chi connectivity index (χ2v) is 4.32. The Kier molecular flexibility index (Phi) is 3.84. The molecule has 2 rings (SSSR count). The molecule has 1 heterocycles. The lowest BCUT2D eigenvalue weighted by molar-refractivity contribution is 0.0950. The van der Waals surface area contributed by atoms with Gasteiger partial charge in [-0.25, -0.2) is 9.37 Å². The van der Waals surface area contributed by atoms with Crippen molar-refractivity contribution in [3.63, 3.8) is 0 Å². The first-order valence-electron chi connectivity index (χ1n) is 4.98. The third-order valence-corrected chi connectivity index (χ3v) is 2.85. The Hall–Kier alpha value is -1.59. The number of halogens is 3. The maximum Gasteiger partial charge on any atom is 0.253 e. The molecule has 7 heteroatoms. The molecule has 0 aliphatic heterocycles. The van der Waals surface area contributed by atoms with E-state index < -0.39 is 11.7 Å². The molecule has 0 aliphatic rings. The normalized spacial score (nSPS) is 10.4. The van der Waals surface area contributed by atoms with Crippen molar-refractivity contribution in [1.82, 2.24) is 15.3 Å². The van der Waals surface area contributed by atoms with E-state index in [0.29, 0.717) is 0 Å². The summed E-state index contributed by atoms with van der Waals surface area (Å²) in [4.78, 5) is 18.4. The molecule has 4 nitrogen and oxygen atoms in total. The van der Waals surface area contributed by atoms with Gasteiger partial charge in [0.2, 0.25) is 0 Å². The van der Waals surface area contributed by atoms with Crippen molar-refractivity contribution >= 4 is 29.1 Å². The van der Waals surface area contributed by atoms with E-state index in [2.05, 4.69) is 15.3 Å². The number of amides is 1. The molecule has 0 spiro atoms. The quantitative estimate of drug-likeness (QED) is 0.853. The molecule has 0 bridgehead atoms. The molecule has 1 aromatic carbocycles. The smallest absolute Gasteiger partial charge is 0.253 e. The average molecular weight is 288 g/mol. The molecule has 0 unspecified atom stereocenters. The fourth-order valence-electron chi connectivity index (χ4n) is 1.35. The van der Waals surface area contributed by atoms with Gasteiger partial charge in [-0.3, -0.25) is 4.79 Å². The molecular formula is C11H8Cl2FN3O. The lowest BCUT2D eigenvalue weighted by Crippen LogP contribution is -2.23. The largest absolute Gasteiger partial charge is 0.347 e. The van der Waals surface area contributed by atoms with Crippen molar-refractivity contribution in [3.8, 4) is 0 Å². The molecule has 0 atom stereocenters. The van der Waals surface area contributed by atoms with Crippen molar-refractivity contribution in [2.75, 3.05) is 0 Å². The summed E-state index contributed by atoms with van der Waals surface area (Å²) in [6.45, 7) is 0.249. The molecule has 2 aromatic rings. The number of aromatic nitrogens is 2. The monoisotopic (exact) mass is 287 g/mol. The van der Waals surface area contributed by atoms with E-state index in [0.717, 1.165) is 11.8 Å². The van der Waals surface area contributed by atoms with E-state index >= 15 is 0 Å². The predicted octanol–water partition coefficient (Wildman–Crippen LogP) is 2.79. The molecule has 2 N–H and O–H groups in total. The zero-order chi connectivity index (χ0) is 13.1. The third-order valence-electron chi connectivity index (χ3n) is 2.25. The number of nitrogens with zero attached hydrogens (tertiary/aromatic N) is 1. The van der Waals surface area contributed by atoms with Gasteiger partial charge in [-0.2, -0.15) is 0 Å². The van der Waals surface area contributed by atoms with E-state index in [4.69, 9.17) is 23.2 Å². The number of nitrogens with one attached hydrogen (secondary N) is 2. The average Bonchev–Trinajstić information content (AvgIpc) is 2.84. The Balaban J connectivity index is 2.11. The van der Waals surface area contributed by atoms with E-state index in [1.165, 1.54) is 12.4 Å². The minimum Gasteiger partial charge on any atom is -0.347 e.